The van der Waals surface area contributed by atoms with Gasteiger partial charge in [-0.05, 0) is 43.7 Å². The molecule has 0 spiro atoms. The molecule has 3 aliphatic heterocycles. The summed E-state index contributed by atoms with van der Waals surface area (Å²) in [5.74, 6) is 1.53. The van der Waals surface area contributed by atoms with Crippen molar-refractivity contribution in [2.75, 3.05) is 18.8 Å². The number of likely N-dealkylation sites (tertiary alicyclic amines) is 1. The van der Waals surface area contributed by atoms with Gasteiger partial charge in [0.25, 0.3) is 0 Å². The summed E-state index contributed by atoms with van der Waals surface area (Å²) in [5.41, 5.74) is 2.55. The Balaban J connectivity index is 1.28. The molecule has 5 nitrogen and oxygen atoms in total. The lowest BCUT2D eigenvalue weighted by Gasteiger charge is -2.36. The lowest BCUT2D eigenvalue weighted by Crippen LogP contribution is -2.52. The molecular formula is C21H25N3O2S. The van der Waals surface area contributed by atoms with Gasteiger partial charge in [0.05, 0.1) is 4.87 Å². The Kier molecular flexibility index (Phi) is 4.00. The number of carbonyl (C=O) groups excluding carboxylic acids is 2. The average Bonchev–Trinajstić information content (AvgIpc) is 3.35. The molecule has 3 aliphatic rings. The lowest BCUT2D eigenvalue weighted by atomic mass is 9.89. The summed E-state index contributed by atoms with van der Waals surface area (Å²) in [5, 5.41) is 1.30. The summed E-state index contributed by atoms with van der Waals surface area (Å²) in [6.07, 6.45) is 5.55. The summed E-state index contributed by atoms with van der Waals surface area (Å²) in [4.78, 5) is 32.6. The first-order chi connectivity index (χ1) is 13.1. The first-order valence-corrected chi connectivity index (χ1v) is 10.9. The zero-order chi connectivity index (χ0) is 18.6. The highest BCUT2D eigenvalue weighted by atomic mass is 32.2. The summed E-state index contributed by atoms with van der Waals surface area (Å²) in [6.45, 7) is 3.67. The van der Waals surface area contributed by atoms with E-state index < -0.39 is 0 Å². The number of aromatic nitrogens is 1. The standard InChI is InChI=1S/C21H25N3O2S/c1-21-9-6-19(25)24(21)18(13-27-21)20(26)23-10-7-14(8-11-23)16-12-22-17-5-3-2-4-15(16)17/h2-5,12,14,18,22H,6-11,13H2,1H3. The number of hydrogen-bond donors (Lipinski definition) is 1. The predicted molar refractivity (Wildman–Crippen MR) is 108 cm³/mol. The Bertz CT molecular complexity index is 902. The number of piperidine rings is 1. The van der Waals surface area contributed by atoms with Crippen LogP contribution in [0.15, 0.2) is 30.5 Å². The highest BCUT2D eigenvalue weighted by molar-refractivity contribution is 8.01. The lowest BCUT2D eigenvalue weighted by molar-refractivity contribution is -0.144. The van der Waals surface area contributed by atoms with Crippen molar-refractivity contribution in [3.8, 4) is 0 Å². The third-order valence-corrected chi connectivity index (χ3v) is 8.10. The van der Waals surface area contributed by atoms with E-state index in [-0.39, 0.29) is 22.7 Å². The minimum Gasteiger partial charge on any atom is -0.361 e. The minimum absolute atomic E-state index is 0.148. The molecule has 2 unspecified atom stereocenters. The predicted octanol–water partition coefficient (Wildman–Crippen LogP) is 3.33. The molecule has 0 radical (unpaired) electrons. The topological polar surface area (TPSA) is 56.4 Å². The molecule has 2 atom stereocenters. The molecule has 0 saturated carbocycles. The zero-order valence-electron chi connectivity index (χ0n) is 15.6. The number of carbonyl (C=O) groups is 2. The molecule has 3 fully saturated rings. The van der Waals surface area contributed by atoms with E-state index in [1.54, 1.807) is 11.8 Å². The first-order valence-electron chi connectivity index (χ1n) is 9.88. The molecule has 142 valence electrons. The van der Waals surface area contributed by atoms with Crippen molar-refractivity contribution in [3.63, 3.8) is 0 Å². The Labute approximate surface area is 163 Å². The van der Waals surface area contributed by atoms with Crippen LogP contribution in [0.5, 0.6) is 0 Å². The molecule has 0 bridgehead atoms. The average molecular weight is 384 g/mol. The highest BCUT2D eigenvalue weighted by Crippen LogP contribution is 2.47. The Morgan fingerprint density at radius 3 is 2.85 bits per heavy atom. The summed E-state index contributed by atoms with van der Waals surface area (Å²) < 4.78 is 0. The van der Waals surface area contributed by atoms with Gasteiger partial charge >= 0.3 is 0 Å². The fourth-order valence-electron chi connectivity index (χ4n) is 5.06. The maximum Gasteiger partial charge on any atom is 0.246 e. The van der Waals surface area contributed by atoms with Crippen molar-refractivity contribution in [2.24, 2.45) is 0 Å². The van der Waals surface area contributed by atoms with Crippen LogP contribution in [0.1, 0.15) is 44.1 Å². The normalized spacial score (nSPS) is 28.9. The third kappa shape index (κ3) is 2.68. The second-order valence-electron chi connectivity index (χ2n) is 8.15. The number of hydrogen-bond acceptors (Lipinski definition) is 3. The fraction of sp³-hybridized carbons (Fsp3) is 0.524. The van der Waals surface area contributed by atoms with Crippen molar-refractivity contribution < 1.29 is 9.59 Å². The van der Waals surface area contributed by atoms with Crippen LogP contribution in [0.2, 0.25) is 0 Å². The molecule has 1 N–H and O–H groups in total. The second-order valence-corrected chi connectivity index (χ2v) is 9.66. The van der Waals surface area contributed by atoms with Gasteiger partial charge in [-0.3, -0.25) is 9.59 Å². The van der Waals surface area contributed by atoms with E-state index in [2.05, 4.69) is 42.4 Å². The number of nitrogens with zero attached hydrogens (tertiary/aromatic N) is 2. The maximum atomic E-state index is 13.1. The number of nitrogens with one attached hydrogen (secondary N) is 1. The van der Waals surface area contributed by atoms with Crippen LogP contribution in [-0.4, -0.2) is 56.4 Å². The molecule has 2 amide bonds. The van der Waals surface area contributed by atoms with Crippen LogP contribution in [0.25, 0.3) is 10.9 Å². The van der Waals surface area contributed by atoms with Gasteiger partial charge in [-0.25, -0.2) is 0 Å². The molecule has 4 heterocycles. The minimum atomic E-state index is -0.264. The van der Waals surface area contributed by atoms with E-state index in [1.165, 1.54) is 16.5 Å². The van der Waals surface area contributed by atoms with Gasteiger partial charge in [-0.1, -0.05) is 18.2 Å². The first kappa shape index (κ1) is 17.2. The summed E-state index contributed by atoms with van der Waals surface area (Å²) in [6, 6.07) is 8.16. The van der Waals surface area contributed by atoms with Crippen LogP contribution in [0.4, 0.5) is 0 Å². The molecule has 27 heavy (non-hydrogen) atoms. The van der Waals surface area contributed by atoms with Crippen LogP contribution < -0.4 is 0 Å². The number of thioether (sulfide) groups is 1. The molecule has 3 saturated heterocycles. The van der Waals surface area contributed by atoms with E-state index in [1.807, 2.05) is 9.80 Å². The SMILES string of the molecule is CC12CCC(=O)N1C(C(=O)N1CCC(c3c[nH]c4ccccc34)CC1)CS2. The fourth-order valence-corrected chi connectivity index (χ4v) is 6.48. The summed E-state index contributed by atoms with van der Waals surface area (Å²) >= 11 is 1.77. The molecule has 5 rings (SSSR count). The Morgan fingerprint density at radius 1 is 1.26 bits per heavy atom. The maximum absolute atomic E-state index is 13.1. The second kappa shape index (κ2) is 6.30. The van der Waals surface area contributed by atoms with E-state index in [4.69, 9.17) is 0 Å². The van der Waals surface area contributed by atoms with E-state index >= 15 is 0 Å². The number of aromatic amines is 1. The van der Waals surface area contributed by atoms with E-state index in [0.29, 0.717) is 12.3 Å². The number of benzene rings is 1. The number of rotatable bonds is 2. The van der Waals surface area contributed by atoms with Crippen LogP contribution in [0.3, 0.4) is 0 Å². The molecular weight excluding hydrogens is 358 g/mol. The van der Waals surface area contributed by atoms with Crippen molar-refractivity contribution in [1.82, 2.24) is 14.8 Å². The highest BCUT2D eigenvalue weighted by Gasteiger charge is 2.53. The quantitative estimate of drug-likeness (QED) is 0.865. The number of para-hydroxylation sites is 1. The smallest absolute Gasteiger partial charge is 0.246 e. The van der Waals surface area contributed by atoms with E-state index in [9.17, 15) is 9.59 Å². The van der Waals surface area contributed by atoms with Gasteiger partial charge in [0.2, 0.25) is 11.8 Å². The zero-order valence-corrected chi connectivity index (χ0v) is 16.4. The molecule has 2 aromatic rings. The molecule has 0 aliphatic carbocycles. The van der Waals surface area contributed by atoms with Gasteiger partial charge in [0, 0.05) is 42.4 Å². The van der Waals surface area contributed by atoms with Crippen LogP contribution in [-0.2, 0) is 9.59 Å². The van der Waals surface area contributed by atoms with Crippen molar-refractivity contribution in [3.05, 3.63) is 36.0 Å². The van der Waals surface area contributed by atoms with Gasteiger partial charge in [-0.2, -0.15) is 0 Å². The summed E-state index contributed by atoms with van der Waals surface area (Å²) in [7, 11) is 0. The van der Waals surface area contributed by atoms with Crippen molar-refractivity contribution in [2.45, 2.75) is 49.4 Å². The number of H-pyrrole nitrogens is 1. The number of amides is 2. The molecule has 6 heteroatoms. The molecule has 1 aromatic heterocycles. The van der Waals surface area contributed by atoms with Gasteiger partial charge < -0.3 is 14.8 Å². The van der Waals surface area contributed by atoms with E-state index in [0.717, 1.165) is 38.1 Å². The number of fused-ring (bicyclic) bond motifs is 2. The van der Waals surface area contributed by atoms with Gasteiger partial charge in [0.1, 0.15) is 6.04 Å². The van der Waals surface area contributed by atoms with Gasteiger partial charge in [-0.15, -0.1) is 11.8 Å². The Morgan fingerprint density at radius 2 is 2.04 bits per heavy atom. The van der Waals surface area contributed by atoms with Crippen LogP contribution in [0, 0.1) is 0 Å². The monoisotopic (exact) mass is 383 g/mol. The largest absolute Gasteiger partial charge is 0.361 e. The van der Waals surface area contributed by atoms with Crippen molar-refractivity contribution in [1.29, 1.82) is 0 Å². The third-order valence-electron chi connectivity index (χ3n) is 6.60. The molecule has 1 aromatic carbocycles. The Hall–Kier alpha value is -1.95. The van der Waals surface area contributed by atoms with Gasteiger partial charge in [0.15, 0.2) is 0 Å². The van der Waals surface area contributed by atoms with Crippen molar-refractivity contribution >= 4 is 34.5 Å². The van der Waals surface area contributed by atoms with Crippen LogP contribution >= 0.6 is 11.8 Å².